The molecule has 0 radical (unpaired) electrons. The largest absolute Gasteiger partial charge is 0.494 e. The number of hydrogen-bond donors (Lipinski definition) is 1. The molecule has 0 saturated heterocycles. The first-order chi connectivity index (χ1) is 16.7. The Balaban J connectivity index is 1.47. The van der Waals surface area contributed by atoms with Crippen LogP contribution in [0.1, 0.15) is 113 Å². The van der Waals surface area contributed by atoms with E-state index in [1.54, 1.807) is 36.4 Å². The van der Waals surface area contributed by atoms with Crippen LogP contribution >= 0.6 is 0 Å². The lowest BCUT2D eigenvalue weighted by molar-refractivity contribution is 0.102. The number of benzene rings is 2. The van der Waals surface area contributed by atoms with Gasteiger partial charge in [-0.3, -0.25) is 4.79 Å². The van der Waals surface area contributed by atoms with Gasteiger partial charge in [-0.25, -0.2) is 0 Å². The first kappa shape index (κ1) is 27.4. The molecule has 0 saturated carbocycles. The average molecular weight is 463 g/mol. The van der Waals surface area contributed by atoms with E-state index in [2.05, 4.69) is 18.3 Å². The van der Waals surface area contributed by atoms with Gasteiger partial charge < -0.3 is 10.1 Å². The number of rotatable bonds is 18. The van der Waals surface area contributed by atoms with Gasteiger partial charge in [-0.1, -0.05) is 90.4 Å². The van der Waals surface area contributed by atoms with Crippen molar-refractivity contribution in [2.24, 2.45) is 0 Å². The molecule has 0 fully saturated rings. The van der Waals surface area contributed by atoms with Crippen molar-refractivity contribution >= 4 is 11.6 Å². The zero-order valence-corrected chi connectivity index (χ0v) is 21.0. The number of carbonyl (C=O) groups is 1. The van der Waals surface area contributed by atoms with E-state index < -0.39 is 0 Å². The van der Waals surface area contributed by atoms with Gasteiger partial charge >= 0.3 is 0 Å². The number of nitriles is 1. The van der Waals surface area contributed by atoms with Gasteiger partial charge in [0.2, 0.25) is 0 Å². The highest BCUT2D eigenvalue weighted by atomic mass is 16.5. The molecular formula is C30H42N2O2. The van der Waals surface area contributed by atoms with Crippen molar-refractivity contribution in [2.45, 2.75) is 96.8 Å². The van der Waals surface area contributed by atoms with E-state index in [0.717, 1.165) is 18.8 Å². The normalized spacial score (nSPS) is 10.6. The van der Waals surface area contributed by atoms with E-state index in [1.165, 1.54) is 83.5 Å². The molecule has 0 heterocycles. The SMILES string of the molecule is CCCCCCCCCCCCCCCCOc1ccc(C(=O)Nc2ccc(C#N)cc2)cc1. The van der Waals surface area contributed by atoms with Gasteiger partial charge in [-0.15, -0.1) is 0 Å². The van der Waals surface area contributed by atoms with Crippen molar-refractivity contribution in [3.05, 3.63) is 59.7 Å². The van der Waals surface area contributed by atoms with Crippen LogP contribution in [0.4, 0.5) is 5.69 Å². The molecule has 34 heavy (non-hydrogen) atoms. The van der Waals surface area contributed by atoms with E-state index in [4.69, 9.17) is 10.00 Å². The van der Waals surface area contributed by atoms with Gasteiger partial charge in [0.25, 0.3) is 5.91 Å². The molecule has 0 unspecified atom stereocenters. The van der Waals surface area contributed by atoms with Crippen molar-refractivity contribution in [1.82, 2.24) is 0 Å². The molecule has 2 rings (SSSR count). The second kappa shape index (κ2) is 17.6. The van der Waals surface area contributed by atoms with Gasteiger partial charge in [0, 0.05) is 11.3 Å². The predicted octanol–water partition coefficient (Wildman–Crippen LogP) is 8.67. The van der Waals surface area contributed by atoms with Crippen LogP contribution in [0.2, 0.25) is 0 Å². The summed E-state index contributed by atoms with van der Waals surface area (Å²) < 4.78 is 5.83. The molecule has 184 valence electrons. The molecule has 4 nitrogen and oxygen atoms in total. The van der Waals surface area contributed by atoms with Gasteiger partial charge in [-0.2, -0.15) is 5.26 Å². The summed E-state index contributed by atoms with van der Waals surface area (Å²) in [5, 5.41) is 11.7. The molecule has 0 aliphatic carbocycles. The molecule has 2 aromatic rings. The lowest BCUT2D eigenvalue weighted by Crippen LogP contribution is -2.11. The Hall–Kier alpha value is -2.80. The standard InChI is InChI=1S/C30H42N2O2/c1-2-3-4-5-6-7-8-9-10-11-12-13-14-15-24-34-29-22-18-27(19-23-29)30(33)32-28-20-16-26(25-31)17-21-28/h16-23H,2-15,24H2,1H3,(H,32,33). The Labute approximate surface area is 206 Å². The minimum absolute atomic E-state index is 0.178. The zero-order chi connectivity index (χ0) is 24.3. The summed E-state index contributed by atoms with van der Waals surface area (Å²) in [4.78, 5) is 12.4. The molecule has 0 bridgehead atoms. The smallest absolute Gasteiger partial charge is 0.255 e. The van der Waals surface area contributed by atoms with Crippen LogP contribution < -0.4 is 10.1 Å². The predicted molar refractivity (Wildman–Crippen MR) is 141 cm³/mol. The molecule has 4 heteroatoms. The number of carbonyl (C=O) groups excluding carboxylic acids is 1. The molecule has 0 aliphatic heterocycles. The van der Waals surface area contributed by atoms with Gasteiger partial charge in [-0.05, 0) is 55.0 Å². The first-order valence-corrected chi connectivity index (χ1v) is 13.3. The Bertz CT molecular complexity index is 838. The Kier molecular flexibility index (Phi) is 14.2. The van der Waals surface area contributed by atoms with Crippen molar-refractivity contribution in [3.8, 4) is 11.8 Å². The minimum atomic E-state index is -0.178. The average Bonchev–Trinajstić information content (AvgIpc) is 2.87. The van der Waals surface area contributed by atoms with E-state index in [1.807, 2.05) is 12.1 Å². The second-order valence-corrected chi connectivity index (χ2v) is 9.11. The minimum Gasteiger partial charge on any atom is -0.494 e. The van der Waals surface area contributed by atoms with E-state index in [9.17, 15) is 4.79 Å². The van der Waals surface area contributed by atoms with Crippen LogP contribution in [0.25, 0.3) is 0 Å². The number of hydrogen-bond acceptors (Lipinski definition) is 3. The maximum absolute atomic E-state index is 12.4. The summed E-state index contributed by atoms with van der Waals surface area (Å²) in [6, 6.07) is 16.1. The number of nitrogens with one attached hydrogen (secondary N) is 1. The summed E-state index contributed by atoms with van der Waals surface area (Å²) in [5.74, 6) is 0.618. The molecule has 0 atom stereocenters. The molecule has 0 spiro atoms. The van der Waals surface area contributed by atoms with Crippen molar-refractivity contribution in [3.63, 3.8) is 0 Å². The maximum atomic E-state index is 12.4. The number of ether oxygens (including phenoxy) is 1. The molecular weight excluding hydrogens is 420 g/mol. The number of anilines is 1. The lowest BCUT2D eigenvalue weighted by atomic mass is 10.0. The fraction of sp³-hybridized carbons (Fsp3) is 0.533. The Morgan fingerprint density at radius 1 is 0.735 bits per heavy atom. The molecule has 1 amide bonds. The Morgan fingerprint density at radius 2 is 1.24 bits per heavy atom. The van der Waals surface area contributed by atoms with Crippen LogP contribution in [-0.4, -0.2) is 12.5 Å². The Morgan fingerprint density at radius 3 is 1.74 bits per heavy atom. The highest BCUT2D eigenvalue weighted by molar-refractivity contribution is 6.04. The number of unbranched alkanes of at least 4 members (excludes halogenated alkanes) is 13. The van der Waals surface area contributed by atoms with Crippen LogP contribution in [0.3, 0.4) is 0 Å². The molecule has 2 aromatic carbocycles. The van der Waals surface area contributed by atoms with Gasteiger partial charge in [0.1, 0.15) is 5.75 Å². The lowest BCUT2D eigenvalue weighted by Gasteiger charge is -2.08. The summed E-state index contributed by atoms with van der Waals surface area (Å²) >= 11 is 0. The molecule has 0 aliphatic rings. The highest BCUT2D eigenvalue weighted by Gasteiger charge is 2.06. The fourth-order valence-corrected chi connectivity index (χ4v) is 4.02. The monoisotopic (exact) mass is 462 g/mol. The van der Waals surface area contributed by atoms with Crippen LogP contribution in [0.5, 0.6) is 5.75 Å². The third-order valence-electron chi connectivity index (χ3n) is 6.15. The van der Waals surface area contributed by atoms with Crippen LogP contribution in [0, 0.1) is 11.3 Å². The van der Waals surface area contributed by atoms with Crippen LogP contribution in [0.15, 0.2) is 48.5 Å². The van der Waals surface area contributed by atoms with E-state index >= 15 is 0 Å². The summed E-state index contributed by atoms with van der Waals surface area (Å²) in [7, 11) is 0. The maximum Gasteiger partial charge on any atom is 0.255 e. The first-order valence-electron chi connectivity index (χ1n) is 13.3. The third-order valence-corrected chi connectivity index (χ3v) is 6.15. The van der Waals surface area contributed by atoms with Crippen molar-refractivity contribution < 1.29 is 9.53 Å². The van der Waals surface area contributed by atoms with Gasteiger partial charge in [0.05, 0.1) is 18.2 Å². The van der Waals surface area contributed by atoms with Gasteiger partial charge in [0.15, 0.2) is 0 Å². The summed E-state index contributed by atoms with van der Waals surface area (Å²) in [6.07, 6.45) is 18.9. The zero-order valence-electron chi connectivity index (χ0n) is 21.0. The van der Waals surface area contributed by atoms with Crippen molar-refractivity contribution in [2.75, 3.05) is 11.9 Å². The quantitative estimate of drug-likeness (QED) is 0.225. The highest BCUT2D eigenvalue weighted by Crippen LogP contribution is 2.16. The molecule has 1 N–H and O–H groups in total. The van der Waals surface area contributed by atoms with Crippen molar-refractivity contribution in [1.29, 1.82) is 5.26 Å². The number of amides is 1. The second-order valence-electron chi connectivity index (χ2n) is 9.11. The summed E-state index contributed by atoms with van der Waals surface area (Å²) in [5.41, 5.74) is 1.81. The number of nitrogens with zero attached hydrogens (tertiary/aromatic N) is 1. The fourth-order valence-electron chi connectivity index (χ4n) is 4.02. The van der Waals surface area contributed by atoms with E-state index in [-0.39, 0.29) is 5.91 Å². The summed E-state index contributed by atoms with van der Waals surface area (Å²) in [6.45, 7) is 2.99. The topological polar surface area (TPSA) is 62.1 Å². The third kappa shape index (κ3) is 11.9. The van der Waals surface area contributed by atoms with E-state index in [0.29, 0.717) is 16.8 Å². The molecule has 0 aromatic heterocycles. The van der Waals surface area contributed by atoms with Crippen LogP contribution in [-0.2, 0) is 0 Å².